The van der Waals surface area contributed by atoms with Crippen LogP contribution in [0.3, 0.4) is 0 Å². The SMILES string of the molecule is O=C(NCC(O)CO)[C@@H]1CCCO1. The second-order valence-electron chi connectivity index (χ2n) is 3.08. The topological polar surface area (TPSA) is 78.8 Å². The molecule has 5 heteroatoms. The lowest BCUT2D eigenvalue weighted by molar-refractivity contribution is -0.130. The molecule has 1 amide bonds. The molecule has 0 aromatic carbocycles. The first-order chi connectivity index (χ1) is 6.24. The highest BCUT2D eigenvalue weighted by Crippen LogP contribution is 2.11. The van der Waals surface area contributed by atoms with Gasteiger partial charge in [0, 0.05) is 13.2 Å². The van der Waals surface area contributed by atoms with Crippen LogP contribution in [0, 0.1) is 0 Å². The Kier molecular flexibility index (Phi) is 4.14. The van der Waals surface area contributed by atoms with E-state index in [1.165, 1.54) is 0 Å². The highest BCUT2D eigenvalue weighted by atomic mass is 16.5. The summed E-state index contributed by atoms with van der Waals surface area (Å²) in [7, 11) is 0. The predicted octanol–water partition coefficient (Wildman–Crippen LogP) is -1.37. The maximum Gasteiger partial charge on any atom is 0.249 e. The number of carbonyl (C=O) groups is 1. The molecule has 3 N–H and O–H groups in total. The average Bonchev–Trinajstić information content (AvgIpc) is 2.66. The summed E-state index contributed by atoms with van der Waals surface area (Å²) in [5.74, 6) is -0.204. The van der Waals surface area contributed by atoms with E-state index in [-0.39, 0.29) is 25.2 Å². The van der Waals surface area contributed by atoms with Crippen molar-refractivity contribution in [3.05, 3.63) is 0 Å². The van der Waals surface area contributed by atoms with Crippen LogP contribution in [0.5, 0.6) is 0 Å². The minimum atomic E-state index is -0.884. The third-order valence-corrected chi connectivity index (χ3v) is 1.94. The standard InChI is InChI=1S/C8H15NO4/c10-5-6(11)4-9-8(12)7-2-1-3-13-7/h6-7,10-11H,1-5H2,(H,9,12)/t6?,7-/m0/s1. The van der Waals surface area contributed by atoms with E-state index in [1.807, 2.05) is 0 Å². The van der Waals surface area contributed by atoms with Crippen molar-refractivity contribution in [2.45, 2.75) is 25.0 Å². The van der Waals surface area contributed by atoms with Gasteiger partial charge in [0.1, 0.15) is 6.10 Å². The monoisotopic (exact) mass is 189 g/mol. The Labute approximate surface area is 76.7 Å². The van der Waals surface area contributed by atoms with E-state index >= 15 is 0 Å². The molecule has 76 valence electrons. The fraction of sp³-hybridized carbons (Fsp3) is 0.875. The largest absolute Gasteiger partial charge is 0.394 e. The second-order valence-corrected chi connectivity index (χ2v) is 3.08. The van der Waals surface area contributed by atoms with Crippen LogP contribution < -0.4 is 5.32 Å². The predicted molar refractivity (Wildman–Crippen MR) is 45.1 cm³/mol. The van der Waals surface area contributed by atoms with Crippen LogP contribution in [0.2, 0.25) is 0 Å². The summed E-state index contributed by atoms with van der Waals surface area (Å²) in [4.78, 5) is 11.2. The van der Waals surface area contributed by atoms with Gasteiger partial charge in [0.05, 0.1) is 12.7 Å². The molecule has 2 atom stereocenters. The number of aliphatic hydroxyl groups excluding tert-OH is 2. The first kappa shape index (κ1) is 10.4. The molecule has 0 aromatic heterocycles. The van der Waals surface area contributed by atoms with Gasteiger partial charge < -0.3 is 20.3 Å². The van der Waals surface area contributed by atoms with E-state index in [1.54, 1.807) is 0 Å². The molecule has 0 aromatic rings. The van der Waals surface area contributed by atoms with Crippen LogP contribution >= 0.6 is 0 Å². The van der Waals surface area contributed by atoms with Gasteiger partial charge in [-0.15, -0.1) is 0 Å². The van der Waals surface area contributed by atoms with Crippen molar-refractivity contribution in [1.82, 2.24) is 5.32 Å². The molecular weight excluding hydrogens is 174 g/mol. The van der Waals surface area contributed by atoms with E-state index in [2.05, 4.69) is 5.32 Å². The molecule has 1 unspecified atom stereocenters. The average molecular weight is 189 g/mol. The Morgan fingerprint density at radius 1 is 1.69 bits per heavy atom. The van der Waals surface area contributed by atoms with Crippen LogP contribution in [-0.4, -0.2) is 48.1 Å². The first-order valence-electron chi connectivity index (χ1n) is 4.42. The summed E-state index contributed by atoms with van der Waals surface area (Å²) in [5, 5.41) is 19.9. The molecule has 1 heterocycles. The van der Waals surface area contributed by atoms with E-state index in [0.717, 1.165) is 12.8 Å². The van der Waals surface area contributed by atoms with Crippen LogP contribution in [0.4, 0.5) is 0 Å². The lowest BCUT2D eigenvalue weighted by Crippen LogP contribution is -2.39. The molecule has 1 rings (SSSR count). The van der Waals surface area contributed by atoms with Gasteiger partial charge in [0.15, 0.2) is 0 Å². The third kappa shape index (κ3) is 3.30. The summed E-state index contributed by atoms with van der Waals surface area (Å²) < 4.78 is 5.12. The highest BCUT2D eigenvalue weighted by molar-refractivity contribution is 5.80. The van der Waals surface area contributed by atoms with Gasteiger partial charge in [-0.05, 0) is 12.8 Å². The Bertz CT molecular complexity index is 168. The van der Waals surface area contributed by atoms with E-state index in [0.29, 0.717) is 6.61 Å². The zero-order chi connectivity index (χ0) is 9.68. The molecule has 1 fully saturated rings. The number of nitrogens with one attached hydrogen (secondary N) is 1. The highest BCUT2D eigenvalue weighted by Gasteiger charge is 2.23. The fourth-order valence-corrected chi connectivity index (χ4v) is 1.18. The quantitative estimate of drug-likeness (QED) is 0.510. The zero-order valence-electron chi connectivity index (χ0n) is 7.40. The Balaban J connectivity index is 2.16. The molecule has 0 bridgehead atoms. The number of ether oxygens (including phenoxy) is 1. The van der Waals surface area contributed by atoms with Crippen molar-refractivity contribution >= 4 is 5.91 Å². The third-order valence-electron chi connectivity index (χ3n) is 1.94. The van der Waals surface area contributed by atoms with Gasteiger partial charge in [-0.2, -0.15) is 0 Å². The number of hydrogen-bond donors (Lipinski definition) is 3. The van der Waals surface area contributed by atoms with Crippen molar-refractivity contribution in [2.24, 2.45) is 0 Å². The summed E-state index contributed by atoms with van der Waals surface area (Å²) in [6.07, 6.45) is 0.387. The lowest BCUT2D eigenvalue weighted by Gasteiger charge is -2.12. The minimum Gasteiger partial charge on any atom is -0.394 e. The van der Waals surface area contributed by atoms with Gasteiger partial charge in [0.25, 0.3) is 0 Å². The van der Waals surface area contributed by atoms with Crippen molar-refractivity contribution in [1.29, 1.82) is 0 Å². The fourth-order valence-electron chi connectivity index (χ4n) is 1.18. The number of aliphatic hydroxyl groups is 2. The van der Waals surface area contributed by atoms with Gasteiger partial charge in [-0.1, -0.05) is 0 Å². The van der Waals surface area contributed by atoms with E-state index in [9.17, 15) is 4.79 Å². The molecule has 13 heavy (non-hydrogen) atoms. The van der Waals surface area contributed by atoms with Gasteiger partial charge in [-0.3, -0.25) is 4.79 Å². The van der Waals surface area contributed by atoms with Gasteiger partial charge in [-0.25, -0.2) is 0 Å². The molecule has 1 saturated heterocycles. The Morgan fingerprint density at radius 2 is 2.46 bits per heavy atom. The Morgan fingerprint density at radius 3 is 3.00 bits per heavy atom. The summed E-state index contributed by atoms with van der Waals surface area (Å²) in [5.41, 5.74) is 0. The Hall–Kier alpha value is -0.650. The lowest BCUT2D eigenvalue weighted by atomic mass is 10.2. The number of amides is 1. The van der Waals surface area contributed by atoms with Crippen molar-refractivity contribution in [3.8, 4) is 0 Å². The second kappa shape index (κ2) is 5.16. The van der Waals surface area contributed by atoms with Crippen LogP contribution in [-0.2, 0) is 9.53 Å². The van der Waals surface area contributed by atoms with Crippen LogP contribution in [0.1, 0.15) is 12.8 Å². The molecule has 1 aliphatic rings. The summed E-state index contributed by atoms with van der Waals surface area (Å²) in [6.45, 7) is 0.363. The molecule has 1 aliphatic heterocycles. The summed E-state index contributed by atoms with van der Waals surface area (Å²) in [6, 6.07) is 0. The van der Waals surface area contributed by atoms with Crippen molar-refractivity contribution in [3.63, 3.8) is 0 Å². The molecule has 0 saturated carbocycles. The van der Waals surface area contributed by atoms with Crippen LogP contribution in [0.25, 0.3) is 0 Å². The van der Waals surface area contributed by atoms with Gasteiger partial charge >= 0.3 is 0 Å². The number of carbonyl (C=O) groups excluding carboxylic acids is 1. The first-order valence-corrected chi connectivity index (χ1v) is 4.42. The maximum absolute atomic E-state index is 11.2. The van der Waals surface area contributed by atoms with Gasteiger partial charge in [0.2, 0.25) is 5.91 Å². The van der Waals surface area contributed by atoms with Crippen LogP contribution in [0.15, 0.2) is 0 Å². The molecule has 0 aliphatic carbocycles. The smallest absolute Gasteiger partial charge is 0.249 e. The minimum absolute atomic E-state index is 0.0786. The maximum atomic E-state index is 11.2. The molecule has 0 radical (unpaired) electrons. The molecule has 0 spiro atoms. The normalized spacial score (nSPS) is 24.3. The van der Waals surface area contributed by atoms with Crippen molar-refractivity contribution < 1.29 is 19.7 Å². The zero-order valence-corrected chi connectivity index (χ0v) is 7.40. The van der Waals surface area contributed by atoms with E-state index < -0.39 is 6.10 Å². The van der Waals surface area contributed by atoms with E-state index in [4.69, 9.17) is 14.9 Å². The summed E-state index contributed by atoms with van der Waals surface area (Å²) >= 11 is 0. The van der Waals surface area contributed by atoms with Crippen molar-refractivity contribution in [2.75, 3.05) is 19.8 Å². The molecular formula is C8H15NO4. The number of rotatable bonds is 4. The molecule has 5 nitrogen and oxygen atoms in total. The number of hydrogen-bond acceptors (Lipinski definition) is 4.